The number of piperidine rings is 1. The zero-order valence-electron chi connectivity index (χ0n) is 23.2. The van der Waals surface area contributed by atoms with E-state index in [0.29, 0.717) is 30.5 Å². The van der Waals surface area contributed by atoms with Crippen molar-refractivity contribution in [2.24, 2.45) is 0 Å². The lowest BCUT2D eigenvalue weighted by molar-refractivity contribution is 0.0202. The second kappa shape index (κ2) is 11.1. The standard InChI is InChI=1S/C30H28Cl2FN3O5S/c1-4-17-14-18(8-11-36(17)29-34-24-15(2)12-16(27(37)39-3)13-21(24)42-29)40-28(38)23-25(22-19(31)6-5-7-20(22)32)35-41-26(23)30(33)9-10-30/h5-7,12-13,17-18H,4,8-11,14H2,1-3H3/t17-,18-/m1/s1. The van der Waals surface area contributed by atoms with Crippen molar-refractivity contribution in [3.8, 4) is 11.3 Å². The van der Waals surface area contributed by atoms with Gasteiger partial charge in [-0.3, -0.25) is 0 Å². The number of benzene rings is 2. The van der Waals surface area contributed by atoms with Gasteiger partial charge in [0, 0.05) is 31.0 Å². The first-order chi connectivity index (χ1) is 20.1. The Balaban J connectivity index is 1.24. The summed E-state index contributed by atoms with van der Waals surface area (Å²) in [5.41, 5.74) is 0.779. The Kier molecular flexibility index (Phi) is 7.66. The maximum atomic E-state index is 15.3. The van der Waals surface area contributed by atoms with E-state index in [1.807, 2.05) is 13.0 Å². The molecule has 12 heteroatoms. The molecule has 2 aliphatic rings. The molecule has 220 valence electrons. The van der Waals surface area contributed by atoms with Gasteiger partial charge < -0.3 is 18.9 Å². The summed E-state index contributed by atoms with van der Waals surface area (Å²) in [7, 11) is 1.36. The monoisotopic (exact) mass is 631 g/mol. The number of hydrogen-bond donors (Lipinski definition) is 0. The van der Waals surface area contributed by atoms with Gasteiger partial charge >= 0.3 is 11.9 Å². The van der Waals surface area contributed by atoms with E-state index < -0.39 is 17.7 Å². The number of ether oxygens (including phenoxy) is 2. The van der Waals surface area contributed by atoms with E-state index in [4.69, 9.17) is 42.2 Å². The quantitative estimate of drug-likeness (QED) is 0.190. The molecule has 0 N–H and O–H groups in total. The van der Waals surface area contributed by atoms with Crippen LogP contribution in [0.2, 0.25) is 10.0 Å². The molecule has 1 aliphatic carbocycles. The van der Waals surface area contributed by atoms with Crippen molar-refractivity contribution in [2.75, 3.05) is 18.6 Å². The van der Waals surface area contributed by atoms with Gasteiger partial charge in [0.25, 0.3) is 0 Å². The van der Waals surface area contributed by atoms with Gasteiger partial charge in [-0.1, -0.05) is 52.7 Å². The third kappa shape index (κ3) is 5.14. The third-order valence-electron chi connectivity index (χ3n) is 7.95. The Bertz CT molecular complexity index is 1680. The van der Waals surface area contributed by atoms with E-state index >= 15 is 4.39 Å². The summed E-state index contributed by atoms with van der Waals surface area (Å²) >= 11 is 14.3. The van der Waals surface area contributed by atoms with Crippen molar-refractivity contribution >= 4 is 61.8 Å². The number of aromatic nitrogens is 2. The predicted molar refractivity (Wildman–Crippen MR) is 160 cm³/mol. The minimum Gasteiger partial charge on any atom is -0.465 e. The number of carbonyl (C=O) groups excluding carboxylic acids is 2. The van der Waals surface area contributed by atoms with Crippen molar-refractivity contribution in [2.45, 2.75) is 63.8 Å². The lowest BCUT2D eigenvalue weighted by atomic mass is 9.97. The van der Waals surface area contributed by atoms with Gasteiger partial charge in [-0.15, -0.1) is 0 Å². The first kappa shape index (κ1) is 28.9. The largest absolute Gasteiger partial charge is 0.465 e. The highest BCUT2D eigenvalue weighted by molar-refractivity contribution is 7.22. The number of thiazole rings is 1. The molecule has 2 fully saturated rings. The molecule has 1 aliphatic heterocycles. The molecular weight excluding hydrogens is 604 g/mol. The van der Waals surface area contributed by atoms with Crippen LogP contribution in [0.4, 0.5) is 9.52 Å². The molecule has 42 heavy (non-hydrogen) atoms. The number of methoxy groups -OCH3 is 1. The molecule has 0 bridgehead atoms. The number of esters is 2. The number of fused-ring (bicyclic) bond motifs is 1. The highest BCUT2D eigenvalue weighted by Crippen LogP contribution is 2.53. The highest BCUT2D eigenvalue weighted by atomic mass is 35.5. The maximum Gasteiger partial charge on any atom is 0.344 e. The Labute approximate surface area is 255 Å². The topological polar surface area (TPSA) is 94.8 Å². The molecule has 0 radical (unpaired) electrons. The maximum absolute atomic E-state index is 15.3. The number of aryl methyl sites for hydroxylation is 1. The molecule has 1 saturated carbocycles. The second-order valence-electron chi connectivity index (χ2n) is 10.7. The van der Waals surface area contributed by atoms with Crippen molar-refractivity contribution in [3.63, 3.8) is 0 Å². The summed E-state index contributed by atoms with van der Waals surface area (Å²) in [6, 6.07) is 8.56. The van der Waals surface area contributed by atoms with Gasteiger partial charge in [0.15, 0.2) is 16.6 Å². The first-order valence-corrected chi connectivity index (χ1v) is 15.3. The van der Waals surface area contributed by atoms with Gasteiger partial charge in [0.1, 0.15) is 17.4 Å². The van der Waals surface area contributed by atoms with Crippen molar-refractivity contribution in [3.05, 3.63) is 62.8 Å². The first-order valence-electron chi connectivity index (χ1n) is 13.7. The van der Waals surface area contributed by atoms with Crippen LogP contribution >= 0.6 is 34.5 Å². The minimum atomic E-state index is -1.76. The molecule has 8 nitrogen and oxygen atoms in total. The normalized spacial score (nSPS) is 19.6. The molecule has 6 rings (SSSR count). The van der Waals surface area contributed by atoms with Crippen LogP contribution < -0.4 is 4.90 Å². The predicted octanol–water partition coefficient (Wildman–Crippen LogP) is 7.92. The van der Waals surface area contributed by atoms with Gasteiger partial charge in [-0.2, -0.15) is 0 Å². The fourth-order valence-electron chi connectivity index (χ4n) is 5.53. The average Bonchev–Trinajstić information content (AvgIpc) is 3.36. The van der Waals surface area contributed by atoms with Gasteiger partial charge in [-0.25, -0.2) is 19.0 Å². The fraction of sp³-hybridized carbons (Fsp3) is 0.400. The highest BCUT2D eigenvalue weighted by Gasteiger charge is 2.53. The summed E-state index contributed by atoms with van der Waals surface area (Å²) in [6.45, 7) is 4.60. The van der Waals surface area contributed by atoms with Crippen molar-refractivity contribution < 1.29 is 28.0 Å². The Morgan fingerprint density at radius 3 is 2.62 bits per heavy atom. The van der Waals surface area contributed by atoms with Crippen molar-refractivity contribution in [1.29, 1.82) is 0 Å². The van der Waals surface area contributed by atoms with E-state index in [9.17, 15) is 9.59 Å². The average molecular weight is 633 g/mol. The molecule has 0 amide bonds. The summed E-state index contributed by atoms with van der Waals surface area (Å²) in [6.07, 6.45) is 1.97. The Morgan fingerprint density at radius 2 is 1.95 bits per heavy atom. The van der Waals surface area contributed by atoms with Crippen LogP contribution in [0.25, 0.3) is 21.5 Å². The number of rotatable bonds is 7. The molecule has 2 atom stereocenters. The van der Waals surface area contributed by atoms with Crippen LogP contribution in [0.5, 0.6) is 0 Å². The Hall–Kier alpha value is -3.21. The van der Waals surface area contributed by atoms with Crippen LogP contribution in [0.3, 0.4) is 0 Å². The molecule has 2 aromatic heterocycles. The summed E-state index contributed by atoms with van der Waals surface area (Å²) in [5, 5.41) is 5.41. The molecule has 1 saturated heterocycles. The molecule has 2 aromatic carbocycles. The lowest BCUT2D eigenvalue weighted by Gasteiger charge is -2.38. The fourth-order valence-corrected chi connectivity index (χ4v) is 7.29. The van der Waals surface area contributed by atoms with Gasteiger partial charge in [0.05, 0.1) is 32.9 Å². The summed E-state index contributed by atoms with van der Waals surface area (Å²) in [4.78, 5) is 32.9. The van der Waals surface area contributed by atoms with E-state index in [1.165, 1.54) is 18.4 Å². The Morgan fingerprint density at radius 1 is 1.21 bits per heavy atom. The number of hydrogen-bond acceptors (Lipinski definition) is 9. The SMILES string of the molecule is CC[C@@H]1C[C@H](OC(=O)c2c(-c3c(Cl)cccc3Cl)noc2C2(F)CC2)CCN1c1nc2c(C)cc(C(=O)OC)cc2s1. The molecule has 3 heterocycles. The van der Waals surface area contributed by atoms with Gasteiger partial charge in [0.2, 0.25) is 0 Å². The number of anilines is 1. The second-order valence-corrected chi connectivity index (χ2v) is 12.6. The van der Waals surface area contributed by atoms with E-state index in [1.54, 1.807) is 24.3 Å². The molecular formula is C30H28Cl2FN3O5S. The van der Waals surface area contributed by atoms with Crippen molar-refractivity contribution in [1.82, 2.24) is 10.1 Å². The van der Waals surface area contributed by atoms with E-state index in [-0.39, 0.29) is 51.9 Å². The third-order valence-corrected chi connectivity index (χ3v) is 9.61. The van der Waals surface area contributed by atoms with Crippen LogP contribution in [-0.2, 0) is 15.1 Å². The van der Waals surface area contributed by atoms with Crippen LogP contribution in [0.1, 0.15) is 71.1 Å². The summed E-state index contributed by atoms with van der Waals surface area (Å²) in [5.74, 6) is -1.24. The van der Waals surface area contributed by atoms with E-state index in [2.05, 4.69) is 17.0 Å². The smallest absolute Gasteiger partial charge is 0.344 e. The molecule has 4 aromatic rings. The number of alkyl halides is 1. The number of nitrogens with zero attached hydrogens (tertiary/aromatic N) is 3. The number of halogens is 3. The van der Waals surface area contributed by atoms with Gasteiger partial charge in [-0.05, 0) is 56.0 Å². The lowest BCUT2D eigenvalue weighted by Crippen LogP contribution is -2.45. The number of carbonyl (C=O) groups is 2. The van der Waals surface area contributed by atoms with Crippen LogP contribution in [0.15, 0.2) is 34.9 Å². The zero-order chi connectivity index (χ0) is 29.8. The molecule has 0 unspecified atom stereocenters. The molecule has 0 spiro atoms. The summed E-state index contributed by atoms with van der Waals surface area (Å²) < 4.78 is 32.5. The van der Waals surface area contributed by atoms with E-state index in [0.717, 1.165) is 27.3 Å². The zero-order valence-corrected chi connectivity index (χ0v) is 25.5. The van der Waals surface area contributed by atoms with Crippen LogP contribution in [-0.4, -0.2) is 47.9 Å². The minimum absolute atomic E-state index is 0.0490. The van der Waals surface area contributed by atoms with Crippen LogP contribution in [0, 0.1) is 6.92 Å².